The number of fused-ring (bicyclic) bond motifs is 1. The summed E-state index contributed by atoms with van der Waals surface area (Å²) in [5, 5.41) is 13.8. The van der Waals surface area contributed by atoms with Crippen LogP contribution in [0.15, 0.2) is 6.33 Å². The Balaban J connectivity index is 2.18. The first-order valence-corrected chi connectivity index (χ1v) is 5.05. The Labute approximate surface area is 87.5 Å². The van der Waals surface area contributed by atoms with Crippen LogP contribution in [-0.2, 0) is 13.0 Å². The van der Waals surface area contributed by atoms with Crippen LogP contribution in [0.5, 0.6) is 0 Å². The molecule has 0 aliphatic carbocycles. The first kappa shape index (κ1) is 10.1. The average Bonchev–Trinajstić information content (AvgIpc) is 2.61. The minimum Gasteiger partial charge on any atom is -0.358 e. The fourth-order valence-electron chi connectivity index (χ4n) is 2.13. The topological polar surface area (TPSA) is 73.0 Å². The van der Waals surface area contributed by atoms with Crippen molar-refractivity contribution in [1.82, 2.24) is 14.9 Å². The average molecular weight is 210 g/mol. The monoisotopic (exact) mass is 210 g/mol. The molecule has 1 aromatic heterocycles. The standard InChI is InChI=1S/C9H14N4O2/c1-10-4-7-2-3-8-9(13(14)15)11-6-12(8)5-7/h6-7,10H,2-5H2,1H3. The van der Waals surface area contributed by atoms with Crippen LogP contribution in [-0.4, -0.2) is 28.1 Å². The third-order valence-electron chi connectivity index (χ3n) is 2.83. The lowest BCUT2D eigenvalue weighted by molar-refractivity contribution is -0.390. The molecule has 0 bridgehead atoms. The van der Waals surface area contributed by atoms with Crippen LogP contribution in [0.3, 0.4) is 0 Å². The maximum absolute atomic E-state index is 10.7. The second-order valence-electron chi connectivity index (χ2n) is 3.89. The van der Waals surface area contributed by atoms with E-state index in [1.165, 1.54) is 0 Å². The molecule has 1 atom stereocenters. The van der Waals surface area contributed by atoms with Gasteiger partial charge in [0.05, 0.1) is 0 Å². The fourth-order valence-corrected chi connectivity index (χ4v) is 2.13. The molecular weight excluding hydrogens is 196 g/mol. The summed E-state index contributed by atoms with van der Waals surface area (Å²) in [5.74, 6) is 0.578. The minimum atomic E-state index is -0.399. The lowest BCUT2D eigenvalue weighted by atomic mass is 9.98. The SMILES string of the molecule is CNCC1CCc2c([N+](=O)[O-])ncn2C1. The Morgan fingerprint density at radius 3 is 3.27 bits per heavy atom. The van der Waals surface area contributed by atoms with E-state index < -0.39 is 4.92 Å². The zero-order valence-electron chi connectivity index (χ0n) is 8.64. The minimum absolute atomic E-state index is 0.0258. The first-order valence-electron chi connectivity index (χ1n) is 5.05. The molecule has 6 heteroatoms. The zero-order chi connectivity index (χ0) is 10.8. The third kappa shape index (κ3) is 1.85. The summed E-state index contributed by atoms with van der Waals surface area (Å²) in [6.07, 6.45) is 3.32. The van der Waals surface area contributed by atoms with Gasteiger partial charge in [-0.05, 0) is 42.3 Å². The Hall–Kier alpha value is -1.43. The maximum atomic E-state index is 10.7. The van der Waals surface area contributed by atoms with Crippen LogP contribution in [0.4, 0.5) is 5.82 Å². The molecule has 2 heterocycles. The van der Waals surface area contributed by atoms with Gasteiger partial charge in [-0.3, -0.25) is 0 Å². The highest BCUT2D eigenvalue weighted by atomic mass is 16.6. The summed E-state index contributed by atoms with van der Waals surface area (Å²) in [6, 6.07) is 0. The maximum Gasteiger partial charge on any atom is 0.384 e. The molecule has 0 fully saturated rings. The van der Waals surface area contributed by atoms with Gasteiger partial charge in [-0.2, -0.15) is 0 Å². The molecule has 1 aliphatic heterocycles. The number of hydrogen-bond donors (Lipinski definition) is 1. The van der Waals surface area contributed by atoms with E-state index in [0.717, 1.165) is 31.6 Å². The molecule has 0 amide bonds. The number of nitrogens with one attached hydrogen (secondary N) is 1. The highest BCUT2D eigenvalue weighted by Gasteiger charge is 2.27. The van der Waals surface area contributed by atoms with Gasteiger partial charge in [0.15, 0.2) is 0 Å². The van der Waals surface area contributed by atoms with Crippen molar-refractivity contribution < 1.29 is 4.92 Å². The summed E-state index contributed by atoms with van der Waals surface area (Å²) in [6.45, 7) is 1.78. The number of rotatable bonds is 3. The Kier molecular flexibility index (Phi) is 2.68. The third-order valence-corrected chi connectivity index (χ3v) is 2.83. The summed E-state index contributed by atoms with van der Waals surface area (Å²) in [5.41, 5.74) is 0.771. The summed E-state index contributed by atoms with van der Waals surface area (Å²) < 4.78 is 1.91. The molecule has 6 nitrogen and oxygen atoms in total. The highest BCUT2D eigenvalue weighted by Crippen LogP contribution is 2.25. The lowest BCUT2D eigenvalue weighted by Gasteiger charge is -2.22. The molecule has 1 N–H and O–H groups in total. The van der Waals surface area contributed by atoms with E-state index in [1.807, 2.05) is 11.6 Å². The van der Waals surface area contributed by atoms with E-state index >= 15 is 0 Å². The van der Waals surface area contributed by atoms with Gasteiger partial charge in [0.1, 0.15) is 5.69 Å². The molecule has 2 rings (SSSR count). The van der Waals surface area contributed by atoms with Crippen LogP contribution in [0.2, 0.25) is 0 Å². The van der Waals surface area contributed by atoms with Crippen LogP contribution >= 0.6 is 0 Å². The number of nitro groups is 1. The molecule has 1 unspecified atom stereocenters. The summed E-state index contributed by atoms with van der Waals surface area (Å²) >= 11 is 0. The van der Waals surface area contributed by atoms with Crippen molar-refractivity contribution in [3.63, 3.8) is 0 Å². The van der Waals surface area contributed by atoms with Crippen molar-refractivity contribution in [2.75, 3.05) is 13.6 Å². The predicted molar refractivity (Wildman–Crippen MR) is 54.6 cm³/mol. The molecule has 0 aromatic carbocycles. The molecule has 1 aromatic rings. The van der Waals surface area contributed by atoms with Crippen molar-refractivity contribution in [3.8, 4) is 0 Å². The van der Waals surface area contributed by atoms with Crippen molar-refractivity contribution in [3.05, 3.63) is 22.1 Å². The van der Waals surface area contributed by atoms with Gasteiger partial charge in [0.25, 0.3) is 0 Å². The van der Waals surface area contributed by atoms with Gasteiger partial charge in [0, 0.05) is 6.54 Å². The molecule has 15 heavy (non-hydrogen) atoms. The largest absolute Gasteiger partial charge is 0.384 e. The predicted octanol–water partition coefficient (Wildman–Crippen LogP) is 0.573. The Morgan fingerprint density at radius 1 is 1.80 bits per heavy atom. The van der Waals surface area contributed by atoms with E-state index in [0.29, 0.717) is 5.92 Å². The van der Waals surface area contributed by atoms with Crippen molar-refractivity contribution >= 4 is 5.82 Å². The van der Waals surface area contributed by atoms with Gasteiger partial charge in [0.2, 0.25) is 6.33 Å². The number of nitrogens with zero attached hydrogens (tertiary/aromatic N) is 3. The lowest BCUT2D eigenvalue weighted by Crippen LogP contribution is -2.27. The van der Waals surface area contributed by atoms with E-state index in [2.05, 4.69) is 10.3 Å². The van der Waals surface area contributed by atoms with Crippen LogP contribution in [0.25, 0.3) is 0 Å². The van der Waals surface area contributed by atoms with Gasteiger partial charge in [-0.15, -0.1) is 0 Å². The molecule has 0 spiro atoms. The Bertz CT molecular complexity index is 374. The molecular formula is C9H14N4O2. The van der Waals surface area contributed by atoms with Crippen molar-refractivity contribution in [1.29, 1.82) is 0 Å². The van der Waals surface area contributed by atoms with E-state index in [-0.39, 0.29) is 5.82 Å². The second kappa shape index (κ2) is 3.98. The normalized spacial score (nSPS) is 19.9. The molecule has 1 aliphatic rings. The van der Waals surface area contributed by atoms with Gasteiger partial charge in [-0.25, -0.2) is 0 Å². The Morgan fingerprint density at radius 2 is 2.60 bits per heavy atom. The van der Waals surface area contributed by atoms with E-state index in [4.69, 9.17) is 0 Å². The van der Waals surface area contributed by atoms with Gasteiger partial charge < -0.3 is 20.0 Å². The summed E-state index contributed by atoms with van der Waals surface area (Å²) in [7, 11) is 1.92. The van der Waals surface area contributed by atoms with Crippen LogP contribution in [0.1, 0.15) is 12.1 Å². The molecule has 82 valence electrons. The second-order valence-corrected chi connectivity index (χ2v) is 3.89. The summed E-state index contributed by atoms with van der Waals surface area (Å²) in [4.78, 5) is 14.1. The van der Waals surface area contributed by atoms with E-state index in [1.54, 1.807) is 6.33 Å². The van der Waals surface area contributed by atoms with Crippen molar-refractivity contribution in [2.45, 2.75) is 19.4 Å². The van der Waals surface area contributed by atoms with Crippen LogP contribution in [0, 0.1) is 16.0 Å². The molecule has 0 radical (unpaired) electrons. The molecule has 0 saturated carbocycles. The first-order chi connectivity index (χ1) is 7.22. The van der Waals surface area contributed by atoms with Gasteiger partial charge >= 0.3 is 5.82 Å². The quantitative estimate of drug-likeness (QED) is 0.584. The zero-order valence-corrected chi connectivity index (χ0v) is 8.64. The van der Waals surface area contributed by atoms with E-state index in [9.17, 15) is 10.1 Å². The van der Waals surface area contributed by atoms with Gasteiger partial charge in [-0.1, -0.05) is 0 Å². The number of imidazole rings is 1. The number of hydrogen-bond acceptors (Lipinski definition) is 4. The smallest absolute Gasteiger partial charge is 0.358 e. The van der Waals surface area contributed by atoms with Crippen molar-refractivity contribution in [2.24, 2.45) is 5.92 Å². The molecule has 0 saturated heterocycles. The van der Waals surface area contributed by atoms with Crippen LogP contribution < -0.4 is 5.32 Å². The fraction of sp³-hybridized carbons (Fsp3) is 0.667. The highest BCUT2D eigenvalue weighted by molar-refractivity contribution is 5.28. The number of aromatic nitrogens is 2.